The van der Waals surface area contributed by atoms with E-state index < -0.39 is 0 Å². The number of anilines is 1. The molecule has 5 nitrogen and oxygen atoms in total. The van der Waals surface area contributed by atoms with Crippen LogP contribution in [0.25, 0.3) is 0 Å². The number of nitrogens with one attached hydrogen (secondary N) is 1. The zero-order chi connectivity index (χ0) is 21.2. The molecule has 0 aromatic heterocycles. The monoisotopic (exact) mass is 397 g/mol. The quantitative estimate of drug-likeness (QED) is 0.606. The van der Waals surface area contributed by atoms with E-state index in [0.717, 1.165) is 29.0 Å². The number of benzene rings is 2. The SMILES string of the molecule is COc1ccc(CC(=O)N/N=C/c2cc3c(cc2F)N(C)C(C)(C)CC3C)cc1. The minimum atomic E-state index is -0.353. The Hall–Kier alpha value is -2.89. The number of nitrogens with zero attached hydrogens (tertiary/aromatic N) is 2. The molecule has 1 aliphatic heterocycles. The maximum absolute atomic E-state index is 14.6. The van der Waals surface area contributed by atoms with Crippen LogP contribution in [0.5, 0.6) is 5.75 Å². The molecule has 0 fully saturated rings. The number of methoxy groups -OCH3 is 1. The van der Waals surface area contributed by atoms with Crippen molar-refractivity contribution in [2.75, 3.05) is 19.1 Å². The lowest BCUT2D eigenvalue weighted by Crippen LogP contribution is -2.45. The molecule has 1 aliphatic rings. The van der Waals surface area contributed by atoms with E-state index >= 15 is 0 Å². The third kappa shape index (κ3) is 4.58. The molecule has 1 N–H and O–H groups in total. The number of carbonyl (C=O) groups is 1. The molecule has 2 aromatic rings. The van der Waals surface area contributed by atoms with Gasteiger partial charge < -0.3 is 9.64 Å². The van der Waals surface area contributed by atoms with Gasteiger partial charge in [0.15, 0.2) is 0 Å². The van der Waals surface area contributed by atoms with Gasteiger partial charge in [-0.05, 0) is 61.6 Å². The second-order valence-corrected chi connectivity index (χ2v) is 8.23. The molecule has 6 heteroatoms. The van der Waals surface area contributed by atoms with Gasteiger partial charge in [0.25, 0.3) is 0 Å². The third-order valence-electron chi connectivity index (χ3n) is 5.67. The van der Waals surface area contributed by atoms with E-state index in [0.29, 0.717) is 11.5 Å². The lowest BCUT2D eigenvalue weighted by molar-refractivity contribution is -0.120. The van der Waals surface area contributed by atoms with E-state index in [4.69, 9.17) is 4.74 Å². The summed E-state index contributed by atoms with van der Waals surface area (Å²) in [4.78, 5) is 14.2. The highest BCUT2D eigenvalue weighted by atomic mass is 19.1. The Morgan fingerprint density at radius 1 is 1.34 bits per heavy atom. The normalized spacial score (nSPS) is 17.9. The van der Waals surface area contributed by atoms with Crippen molar-refractivity contribution >= 4 is 17.8 Å². The van der Waals surface area contributed by atoms with Gasteiger partial charge in [0.2, 0.25) is 5.91 Å². The number of hydrazone groups is 1. The highest BCUT2D eigenvalue weighted by Gasteiger charge is 2.34. The van der Waals surface area contributed by atoms with Crippen LogP contribution in [0.15, 0.2) is 41.5 Å². The topological polar surface area (TPSA) is 53.9 Å². The summed E-state index contributed by atoms with van der Waals surface area (Å²) < 4.78 is 19.7. The molecule has 3 rings (SSSR count). The summed E-state index contributed by atoms with van der Waals surface area (Å²) in [5, 5.41) is 3.95. The van der Waals surface area contributed by atoms with Crippen molar-refractivity contribution in [3.05, 3.63) is 58.9 Å². The Morgan fingerprint density at radius 3 is 2.69 bits per heavy atom. The second-order valence-electron chi connectivity index (χ2n) is 8.23. The van der Waals surface area contributed by atoms with Gasteiger partial charge in [-0.15, -0.1) is 0 Å². The van der Waals surface area contributed by atoms with Crippen LogP contribution in [0, 0.1) is 5.82 Å². The van der Waals surface area contributed by atoms with Crippen LogP contribution in [0.3, 0.4) is 0 Å². The maximum atomic E-state index is 14.6. The van der Waals surface area contributed by atoms with Crippen LogP contribution >= 0.6 is 0 Å². The predicted octanol–water partition coefficient (Wildman–Crippen LogP) is 4.25. The molecule has 1 unspecified atom stereocenters. The average Bonchev–Trinajstić information content (AvgIpc) is 2.67. The fraction of sp³-hybridized carbons (Fsp3) is 0.391. The van der Waals surface area contributed by atoms with E-state index in [1.807, 2.05) is 25.2 Å². The van der Waals surface area contributed by atoms with Crippen LogP contribution in [0.1, 0.15) is 49.8 Å². The Labute approximate surface area is 171 Å². The first kappa shape index (κ1) is 20.8. The molecule has 0 saturated heterocycles. The number of amides is 1. The summed E-state index contributed by atoms with van der Waals surface area (Å²) in [5.74, 6) is 0.431. The van der Waals surface area contributed by atoms with Gasteiger partial charge >= 0.3 is 0 Å². The zero-order valence-corrected chi connectivity index (χ0v) is 17.6. The summed E-state index contributed by atoms with van der Waals surface area (Å²) in [5.41, 5.74) is 5.67. The van der Waals surface area contributed by atoms with Gasteiger partial charge in [0.05, 0.1) is 19.7 Å². The molecule has 0 aliphatic carbocycles. The molecular formula is C23H28FN3O2. The lowest BCUT2D eigenvalue weighted by atomic mass is 9.80. The van der Waals surface area contributed by atoms with Crippen LogP contribution in [-0.2, 0) is 11.2 Å². The summed E-state index contributed by atoms with van der Waals surface area (Å²) >= 11 is 0. The first-order chi connectivity index (χ1) is 13.7. The fourth-order valence-electron chi connectivity index (χ4n) is 3.85. The van der Waals surface area contributed by atoms with Gasteiger partial charge in [-0.1, -0.05) is 19.1 Å². The minimum Gasteiger partial charge on any atom is -0.497 e. The van der Waals surface area contributed by atoms with Crippen LogP contribution in [0.2, 0.25) is 0 Å². The Bertz CT molecular complexity index is 922. The molecule has 154 valence electrons. The van der Waals surface area contributed by atoms with Crippen molar-refractivity contribution in [1.82, 2.24) is 5.43 Å². The van der Waals surface area contributed by atoms with Gasteiger partial charge in [-0.2, -0.15) is 5.10 Å². The van der Waals surface area contributed by atoms with E-state index in [1.54, 1.807) is 25.3 Å². The van der Waals surface area contributed by atoms with Crippen molar-refractivity contribution in [3.8, 4) is 5.75 Å². The fourth-order valence-corrected chi connectivity index (χ4v) is 3.85. The number of hydrogen-bond donors (Lipinski definition) is 1. The lowest BCUT2D eigenvalue weighted by Gasteiger charge is -2.45. The molecule has 29 heavy (non-hydrogen) atoms. The largest absolute Gasteiger partial charge is 0.497 e. The number of halogens is 1. The number of fused-ring (bicyclic) bond motifs is 1. The number of rotatable bonds is 5. The molecule has 0 bridgehead atoms. The van der Waals surface area contributed by atoms with E-state index in [2.05, 4.69) is 36.2 Å². The van der Waals surface area contributed by atoms with Crippen molar-refractivity contribution in [2.24, 2.45) is 5.10 Å². The van der Waals surface area contributed by atoms with E-state index in [-0.39, 0.29) is 23.7 Å². The van der Waals surface area contributed by atoms with Gasteiger partial charge in [0.1, 0.15) is 11.6 Å². The molecule has 1 heterocycles. The van der Waals surface area contributed by atoms with Gasteiger partial charge in [-0.25, -0.2) is 9.82 Å². The number of ether oxygens (including phenoxy) is 1. The molecule has 0 spiro atoms. The Morgan fingerprint density at radius 2 is 2.03 bits per heavy atom. The zero-order valence-electron chi connectivity index (χ0n) is 17.6. The van der Waals surface area contributed by atoms with E-state index in [9.17, 15) is 9.18 Å². The van der Waals surface area contributed by atoms with Crippen molar-refractivity contribution in [3.63, 3.8) is 0 Å². The predicted molar refractivity (Wildman–Crippen MR) is 114 cm³/mol. The first-order valence-corrected chi connectivity index (χ1v) is 9.73. The van der Waals surface area contributed by atoms with Gasteiger partial charge in [0, 0.05) is 23.8 Å². The summed E-state index contributed by atoms with van der Waals surface area (Å²) in [7, 11) is 3.59. The van der Waals surface area contributed by atoms with Crippen molar-refractivity contribution in [2.45, 2.75) is 45.1 Å². The summed E-state index contributed by atoms with van der Waals surface area (Å²) in [6, 6.07) is 10.6. The maximum Gasteiger partial charge on any atom is 0.244 e. The van der Waals surface area contributed by atoms with Gasteiger partial charge in [-0.3, -0.25) is 4.79 Å². The van der Waals surface area contributed by atoms with Crippen LogP contribution in [-0.4, -0.2) is 31.8 Å². The smallest absolute Gasteiger partial charge is 0.244 e. The number of carbonyl (C=O) groups excluding carboxylic acids is 1. The van der Waals surface area contributed by atoms with E-state index in [1.165, 1.54) is 6.21 Å². The summed E-state index contributed by atoms with van der Waals surface area (Å²) in [6.45, 7) is 6.49. The van der Waals surface area contributed by atoms with Crippen molar-refractivity contribution < 1.29 is 13.9 Å². The molecule has 2 aromatic carbocycles. The Kier molecular flexibility index (Phi) is 5.91. The third-order valence-corrected chi connectivity index (χ3v) is 5.67. The van der Waals surface area contributed by atoms with Crippen LogP contribution < -0.4 is 15.1 Å². The van der Waals surface area contributed by atoms with Crippen LogP contribution in [0.4, 0.5) is 10.1 Å². The second kappa shape index (κ2) is 8.23. The molecule has 0 radical (unpaired) electrons. The molecule has 0 saturated carbocycles. The molecular weight excluding hydrogens is 369 g/mol. The highest BCUT2D eigenvalue weighted by molar-refractivity contribution is 5.84. The number of hydrogen-bond acceptors (Lipinski definition) is 4. The highest BCUT2D eigenvalue weighted by Crippen LogP contribution is 2.43. The average molecular weight is 397 g/mol. The molecule has 1 amide bonds. The minimum absolute atomic E-state index is 0.0239. The standard InChI is InChI=1S/C23H28FN3O2/c1-15-13-23(2,3)27(4)21-12-20(24)17(11-19(15)21)14-25-26-22(28)10-16-6-8-18(29-5)9-7-16/h6-9,11-12,14-15H,10,13H2,1-5H3,(H,26,28)/b25-14+. The summed E-state index contributed by atoms with van der Waals surface area (Å²) in [6.07, 6.45) is 2.54. The molecule has 1 atom stereocenters. The Balaban J connectivity index is 1.69. The van der Waals surface area contributed by atoms with Crippen molar-refractivity contribution in [1.29, 1.82) is 0 Å². The first-order valence-electron chi connectivity index (χ1n) is 9.73.